The molecule has 10 rings (SSSR count). The van der Waals surface area contributed by atoms with Crippen LogP contribution in [-0.4, -0.2) is 4.57 Å². The second-order valence-corrected chi connectivity index (χ2v) is 13.8. The molecular weight excluding hydrogens is 563 g/mol. The lowest BCUT2D eigenvalue weighted by molar-refractivity contribution is 0.675. The summed E-state index contributed by atoms with van der Waals surface area (Å²) in [4.78, 5) is 3.01. The second kappa shape index (κ2) is 9.60. The molecule has 0 fully saturated rings. The Kier molecular flexibility index (Phi) is 5.45. The van der Waals surface area contributed by atoms with E-state index in [2.05, 4.69) is 144 Å². The van der Waals surface area contributed by atoms with E-state index in [1.165, 1.54) is 71.4 Å². The van der Waals surface area contributed by atoms with Gasteiger partial charge in [0.2, 0.25) is 0 Å². The van der Waals surface area contributed by atoms with Crippen LogP contribution in [0.15, 0.2) is 161 Å². The molecule has 214 valence electrons. The standard InChI is InChI=1S/C43H31NS/c1-2-13-28(14-3-1)29-15-12-16-30(25-29)44-39-22-9-5-18-32(39)34-26-33-31-17-4-6-19-35(31)43(38(33)27-40(34)44)36-20-7-10-23-41(36)45-42-24-11-8-21-37(42)43/h1-7,9,11-20,22,24-27H,8,10,21,23H2. The first-order valence-corrected chi connectivity index (χ1v) is 17.0. The van der Waals surface area contributed by atoms with Crippen molar-refractivity contribution >= 4 is 33.6 Å². The summed E-state index contributed by atoms with van der Waals surface area (Å²) >= 11 is 2.03. The third-order valence-electron chi connectivity index (χ3n) is 10.4. The Morgan fingerprint density at radius 1 is 0.578 bits per heavy atom. The number of allylic oxidation sites excluding steroid dienone is 7. The average molecular weight is 594 g/mol. The summed E-state index contributed by atoms with van der Waals surface area (Å²) in [7, 11) is 0. The highest BCUT2D eigenvalue weighted by atomic mass is 32.2. The summed E-state index contributed by atoms with van der Waals surface area (Å²) in [5, 5.41) is 2.62. The van der Waals surface area contributed by atoms with E-state index < -0.39 is 0 Å². The third-order valence-corrected chi connectivity index (χ3v) is 11.7. The van der Waals surface area contributed by atoms with Crippen LogP contribution in [0.1, 0.15) is 36.8 Å². The Hall–Kier alpha value is -4.79. The predicted molar refractivity (Wildman–Crippen MR) is 191 cm³/mol. The van der Waals surface area contributed by atoms with E-state index in [0.717, 1.165) is 25.7 Å². The number of para-hydroxylation sites is 1. The fourth-order valence-electron chi connectivity index (χ4n) is 8.58. The normalized spacial score (nSPS) is 19.7. The minimum Gasteiger partial charge on any atom is -0.309 e. The van der Waals surface area contributed by atoms with Gasteiger partial charge in [-0.15, -0.1) is 0 Å². The largest absolute Gasteiger partial charge is 0.309 e. The molecule has 0 N–H and O–H groups in total. The summed E-state index contributed by atoms with van der Waals surface area (Å²) in [6.07, 6.45) is 14.1. The van der Waals surface area contributed by atoms with E-state index >= 15 is 0 Å². The van der Waals surface area contributed by atoms with Gasteiger partial charge in [-0.3, -0.25) is 0 Å². The van der Waals surface area contributed by atoms with Crippen molar-refractivity contribution in [3.05, 3.63) is 172 Å². The first-order chi connectivity index (χ1) is 22.3. The number of aromatic nitrogens is 1. The van der Waals surface area contributed by atoms with Gasteiger partial charge in [0.25, 0.3) is 0 Å². The molecule has 1 atom stereocenters. The Morgan fingerprint density at radius 2 is 1.38 bits per heavy atom. The van der Waals surface area contributed by atoms with Crippen LogP contribution in [0.3, 0.4) is 0 Å². The van der Waals surface area contributed by atoms with Crippen molar-refractivity contribution in [3.8, 4) is 27.9 Å². The van der Waals surface area contributed by atoms with E-state index in [0.29, 0.717) is 0 Å². The van der Waals surface area contributed by atoms with Gasteiger partial charge in [0, 0.05) is 21.4 Å². The summed E-state index contributed by atoms with van der Waals surface area (Å²) in [5.41, 5.74) is 14.7. The first-order valence-electron chi connectivity index (χ1n) is 16.1. The van der Waals surface area contributed by atoms with Gasteiger partial charge in [0.1, 0.15) is 0 Å². The van der Waals surface area contributed by atoms with Crippen LogP contribution < -0.4 is 0 Å². The maximum Gasteiger partial charge on any atom is 0.0695 e. The molecule has 2 heteroatoms. The number of fused-ring (bicyclic) bond motifs is 10. The zero-order valence-corrected chi connectivity index (χ0v) is 25.8. The van der Waals surface area contributed by atoms with Crippen LogP contribution in [0.2, 0.25) is 0 Å². The van der Waals surface area contributed by atoms with Crippen molar-refractivity contribution < 1.29 is 0 Å². The lowest BCUT2D eigenvalue weighted by Gasteiger charge is -2.44. The molecule has 1 aromatic heterocycles. The van der Waals surface area contributed by atoms with Crippen molar-refractivity contribution in [2.75, 3.05) is 0 Å². The minimum absolute atomic E-state index is 0.259. The highest BCUT2D eigenvalue weighted by molar-refractivity contribution is 8.07. The van der Waals surface area contributed by atoms with E-state index in [9.17, 15) is 0 Å². The number of hydrogen-bond acceptors (Lipinski definition) is 1. The van der Waals surface area contributed by atoms with Crippen LogP contribution >= 0.6 is 11.8 Å². The molecule has 1 nitrogen and oxygen atoms in total. The molecule has 0 saturated heterocycles. The monoisotopic (exact) mass is 593 g/mol. The van der Waals surface area contributed by atoms with Crippen LogP contribution in [0.4, 0.5) is 0 Å². The van der Waals surface area contributed by atoms with Gasteiger partial charge in [0.15, 0.2) is 0 Å². The Balaban J connectivity index is 1.33. The molecular formula is C43H31NS. The molecule has 45 heavy (non-hydrogen) atoms. The van der Waals surface area contributed by atoms with Crippen molar-refractivity contribution in [3.63, 3.8) is 0 Å². The van der Waals surface area contributed by atoms with Crippen molar-refractivity contribution in [2.45, 2.75) is 31.1 Å². The van der Waals surface area contributed by atoms with Crippen LogP contribution in [0.25, 0.3) is 49.7 Å². The topological polar surface area (TPSA) is 4.93 Å². The first kappa shape index (κ1) is 25.5. The van der Waals surface area contributed by atoms with Crippen molar-refractivity contribution in [1.82, 2.24) is 4.57 Å². The SMILES string of the molecule is C1=CC2=C(CC1)SC1=C(CCC=C1)C21c2ccccc2-c2cc3c4ccccc4n(-c4cccc(-c5ccccc5)c4)c3cc21. The molecule has 0 amide bonds. The van der Waals surface area contributed by atoms with E-state index in [4.69, 9.17) is 0 Å². The van der Waals surface area contributed by atoms with Crippen LogP contribution in [0, 0.1) is 0 Å². The number of hydrogen-bond donors (Lipinski definition) is 0. The Labute approximate surface area is 267 Å². The zero-order chi connectivity index (χ0) is 29.5. The second-order valence-electron chi connectivity index (χ2n) is 12.6. The highest BCUT2D eigenvalue weighted by Crippen LogP contribution is 2.65. The molecule has 1 unspecified atom stereocenters. The maximum absolute atomic E-state index is 2.58. The maximum atomic E-state index is 2.58. The van der Waals surface area contributed by atoms with Gasteiger partial charge >= 0.3 is 0 Å². The highest BCUT2D eigenvalue weighted by Gasteiger charge is 2.52. The summed E-state index contributed by atoms with van der Waals surface area (Å²) < 4.78 is 2.51. The van der Waals surface area contributed by atoms with Crippen molar-refractivity contribution in [2.24, 2.45) is 0 Å². The summed E-state index contributed by atoms with van der Waals surface area (Å²) in [5.74, 6) is 0. The molecule has 1 aliphatic heterocycles. The quantitative estimate of drug-likeness (QED) is 0.193. The number of thioether (sulfide) groups is 1. The number of nitrogens with zero attached hydrogens (tertiary/aromatic N) is 1. The third kappa shape index (κ3) is 3.46. The molecule has 3 aliphatic carbocycles. The molecule has 0 saturated carbocycles. The Morgan fingerprint density at radius 3 is 2.33 bits per heavy atom. The van der Waals surface area contributed by atoms with Gasteiger partial charge in [-0.2, -0.15) is 0 Å². The van der Waals surface area contributed by atoms with Gasteiger partial charge in [-0.05, 0) is 105 Å². The summed E-state index contributed by atoms with van der Waals surface area (Å²) in [6, 6.07) is 43.1. The van der Waals surface area contributed by atoms with Crippen LogP contribution in [-0.2, 0) is 5.41 Å². The lowest BCUT2D eigenvalue weighted by atomic mass is 9.63. The van der Waals surface area contributed by atoms with E-state index in [1.54, 1.807) is 10.5 Å². The van der Waals surface area contributed by atoms with Gasteiger partial charge in [-0.25, -0.2) is 0 Å². The molecule has 6 aromatic rings. The smallest absolute Gasteiger partial charge is 0.0695 e. The van der Waals surface area contributed by atoms with Crippen LogP contribution in [0.5, 0.6) is 0 Å². The van der Waals surface area contributed by atoms with Gasteiger partial charge in [0.05, 0.1) is 16.4 Å². The minimum atomic E-state index is -0.259. The van der Waals surface area contributed by atoms with E-state index in [1.807, 2.05) is 11.8 Å². The fraction of sp³-hybridized carbons (Fsp3) is 0.116. The molecule has 1 spiro atoms. The van der Waals surface area contributed by atoms with Gasteiger partial charge < -0.3 is 4.57 Å². The Bertz CT molecular complexity index is 2340. The average Bonchev–Trinajstić information content (AvgIpc) is 3.58. The lowest BCUT2D eigenvalue weighted by Crippen LogP contribution is -2.34. The molecule has 0 radical (unpaired) electrons. The zero-order valence-electron chi connectivity index (χ0n) is 25.0. The molecule has 2 heterocycles. The molecule has 5 aromatic carbocycles. The predicted octanol–water partition coefficient (Wildman–Crippen LogP) is 11.7. The molecule has 4 aliphatic rings. The summed E-state index contributed by atoms with van der Waals surface area (Å²) in [6.45, 7) is 0. The van der Waals surface area contributed by atoms with Crippen molar-refractivity contribution in [1.29, 1.82) is 0 Å². The van der Waals surface area contributed by atoms with E-state index in [-0.39, 0.29) is 5.41 Å². The fourth-order valence-corrected chi connectivity index (χ4v) is 9.93. The van der Waals surface area contributed by atoms with Gasteiger partial charge in [-0.1, -0.05) is 121 Å². The number of rotatable bonds is 2. The molecule has 0 bridgehead atoms. The number of benzene rings is 5.